The Hall–Kier alpha value is -1.60. The predicted octanol–water partition coefficient (Wildman–Crippen LogP) is 2.47. The summed E-state index contributed by atoms with van der Waals surface area (Å²) in [5.41, 5.74) is 1.19. The molecule has 0 heterocycles. The molecule has 7 heteroatoms. The van der Waals surface area contributed by atoms with Gasteiger partial charge >= 0.3 is 0 Å². The van der Waals surface area contributed by atoms with Gasteiger partial charge in [0.25, 0.3) is 0 Å². The highest BCUT2D eigenvalue weighted by Gasteiger charge is 2.14. The summed E-state index contributed by atoms with van der Waals surface area (Å²) in [6.45, 7) is 9.34. The first-order valence-electron chi connectivity index (χ1n) is 8.57. The molecule has 0 amide bonds. The van der Waals surface area contributed by atoms with Crippen molar-refractivity contribution in [2.75, 3.05) is 14.1 Å². The Morgan fingerprint density at radius 1 is 1.28 bits per heavy atom. The molecule has 1 unspecified atom stereocenters. The lowest BCUT2D eigenvalue weighted by atomic mass is 9.89. The van der Waals surface area contributed by atoms with Crippen molar-refractivity contribution in [2.45, 2.75) is 58.0 Å². The van der Waals surface area contributed by atoms with Gasteiger partial charge in [0.15, 0.2) is 5.96 Å². The number of sulfonamides is 1. The molecule has 1 aromatic carbocycles. The zero-order chi connectivity index (χ0) is 19.1. The molecule has 0 fully saturated rings. The zero-order valence-corrected chi connectivity index (χ0v) is 17.0. The number of guanidine groups is 1. The largest absolute Gasteiger partial charge is 0.354 e. The highest BCUT2D eigenvalue weighted by Crippen LogP contribution is 2.21. The van der Waals surface area contributed by atoms with Crippen LogP contribution in [0.2, 0.25) is 0 Å². The highest BCUT2D eigenvalue weighted by atomic mass is 32.2. The maximum atomic E-state index is 11.9. The molecule has 0 saturated carbocycles. The van der Waals surface area contributed by atoms with Crippen molar-refractivity contribution in [3.05, 3.63) is 29.8 Å². The summed E-state index contributed by atoms with van der Waals surface area (Å²) >= 11 is 0. The molecule has 142 valence electrons. The summed E-state index contributed by atoms with van der Waals surface area (Å²) in [6, 6.07) is 7.18. The number of aliphatic imine (C=N–C) groups is 1. The number of rotatable bonds is 7. The second kappa shape index (κ2) is 9.20. The molecule has 0 radical (unpaired) electrons. The van der Waals surface area contributed by atoms with Crippen molar-refractivity contribution in [1.82, 2.24) is 15.4 Å². The van der Waals surface area contributed by atoms with E-state index in [0.29, 0.717) is 24.0 Å². The quantitative estimate of drug-likeness (QED) is 0.510. The van der Waals surface area contributed by atoms with Crippen LogP contribution in [0, 0.1) is 5.41 Å². The van der Waals surface area contributed by atoms with Gasteiger partial charge in [-0.1, -0.05) is 32.9 Å². The van der Waals surface area contributed by atoms with Crippen LogP contribution >= 0.6 is 0 Å². The van der Waals surface area contributed by atoms with Gasteiger partial charge in [-0.05, 0) is 49.9 Å². The third kappa shape index (κ3) is 7.88. The summed E-state index contributed by atoms with van der Waals surface area (Å²) in [6.07, 6.45) is 2.18. The standard InChI is InChI=1S/C18H32N4O2S/c1-14(10-11-18(2,3)4)22-17(19-5)21-13-15-8-7-9-16(12-15)25(23,24)20-6/h7-9,12,14,20H,10-11,13H2,1-6H3,(H2,19,21,22). The van der Waals surface area contributed by atoms with Gasteiger partial charge in [0.1, 0.15) is 0 Å². The molecule has 0 aliphatic rings. The number of hydrogen-bond acceptors (Lipinski definition) is 3. The Balaban J connectivity index is 2.62. The number of nitrogens with zero attached hydrogens (tertiary/aromatic N) is 1. The molecule has 0 aliphatic heterocycles. The molecule has 1 rings (SSSR count). The molecule has 0 bridgehead atoms. The van der Waals surface area contributed by atoms with Crippen LogP contribution in [-0.4, -0.2) is 34.5 Å². The Morgan fingerprint density at radius 3 is 2.52 bits per heavy atom. The number of benzene rings is 1. The van der Waals surface area contributed by atoms with Crippen molar-refractivity contribution < 1.29 is 8.42 Å². The van der Waals surface area contributed by atoms with Crippen molar-refractivity contribution in [3.8, 4) is 0 Å². The summed E-state index contributed by atoms with van der Waals surface area (Å²) in [5.74, 6) is 0.711. The van der Waals surface area contributed by atoms with Crippen LogP contribution in [0.1, 0.15) is 46.1 Å². The van der Waals surface area contributed by atoms with E-state index in [9.17, 15) is 8.42 Å². The lowest BCUT2D eigenvalue weighted by molar-refractivity contribution is 0.346. The second-order valence-corrected chi connectivity index (χ2v) is 9.31. The average molecular weight is 369 g/mol. The third-order valence-corrected chi connectivity index (χ3v) is 5.28. The summed E-state index contributed by atoms with van der Waals surface area (Å²) in [7, 11) is -0.291. The van der Waals surface area contributed by atoms with Crippen molar-refractivity contribution in [3.63, 3.8) is 0 Å². The first-order chi connectivity index (χ1) is 11.6. The molecule has 1 aromatic rings. The molecule has 25 heavy (non-hydrogen) atoms. The molecular formula is C18H32N4O2S. The third-order valence-electron chi connectivity index (χ3n) is 3.87. The van der Waals surface area contributed by atoms with Crippen molar-refractivity contribution >= 4 is 16.0 Å². The molecular weight excluding hydrogens is 336 g/mol. The van der Waals surface area contributed by atoms with Crippen molar-refractivity contribution in [1.29, 1.82) is 0 Å². The fraction of sp³-hybridized carbons (Fsp3) is 0.611. The van der Waals surface area contributed by atoms with E-state index in [1.165, 1.54) is 7.05 Å². The summed E-state index contributed by atoms with van der Waals surface area (Å²) in [4.78, 5) is 4.50. The minimum Gasteiger partial charge on any atom is -0.354 e. The van der Waals surface area contributed by atoms with E-state index in [1.54, 1.807) is 25.2 Å². The van der Waals surface area contributed by atoms with E-state index >= 15 is 0 Å². The lowest BCUT2D eigenvalue weighted by Crippen LogP contribution is -2.42. The average Bonchev–Trinajstić information content (AvgIpc) is 2.56. The molecule has 0 aromatic heterocycles. The number of nitrogens with one attached hydrogen (secondary N) is 3. The van der Waals surface area contributed by atoms with Gasteiger partial charge in [0, 0.05) is 19.6 Å². The molecule has 3 N–H and O–H groups in total. The van der Waals surface area contributed by atoms with Gasteiger partial charge in [0.05, 0.1) is 4.90 Å². The predicted molar refractivity (Wildman–Crippen MR) is 104 cm³/mol. The van der Waals surface area contributed by atoms with E-state index < -0.39 is 10.0 Å². The van der Waals surface area contributed by atoms with E-state index in [-0.39, 0.29) is 4.90 Å². The molecule has 0 spiro atoms. The smallest absolute Gasteiger partial charge is 0.240 e. The van der Waals surface area contributed by atoms with Gasteiger partial charge in [-0.15, -0.1) is 0 Å². The van der Waals surface area contributed by atoms with Crippen LogP contribution in [0.4, 0.5) is 0 Å². The first kappa shape index (κ1) is 21.4. The minimum absolute atomic E-state index is 0.260. The molecule has 0 aliphatic carbocycles. The monoisotopic (exact) mass is 368 g/mol. The fourth-order valence-electron chi connectivity index (χ4n) is 2.28. The minimum atomic E-state index is -3.43. The zero-order valence-electron chi connectivity index (χ0n) is 16.2. The van der Waals surface area contributed by atoms with Gasteiger partial charge in [-0.3, -0.25) is 4.99 Å². The van der Waals surface area contributed by atoms with E-state index in [1.807, 2.05) is 6.07 Å². The Kier molecular flexibility index (Phi) is 7.89. The molecule has 0 saturated heterocycles. The highest BCUT2D eigenvalue weighted by molar-refractivity contribution is 7.89. The molecule has 6 nitrogen and oxygen atoms in total. The van der Waals surface area contributed by atoms with Crippen LogP contribution in [0.15, 0.2) is 34.2 Å². The van der Waals surface area contributed by atoms with Crippen LogP contribution in [0.3, 0.4) is 0 Å². The van der Waals surface area contributed by atoms with E-state index in [2.05, 4.69) is 48.0 Å². The fourth-order valence-corrected chi connectivity index (χ4v) is 3.08. The van der Waals surface area contributed by atoms with E-state index in [0.717, 1.165) is 18.4 Å². The number of hydrogen-bond donors (Lipinski definition) is 3. The summed E-state index contributed by atoms with van der Waals surface area (Å²) in [5, 5.41) is 6.61. The van der Waals surface area contributed by atoms with Crippen LogP contribution in [0.25, 0.3) is 0 Å². The maximum absolute atomic E-state index is 11.9. The van der Waals surface area contributed by atoms with Gasteiger partial charge in [-0.2, -0.15) is 0 Å². The Morgan fingerprint density at radius 2 is 1.96 bits per heavy atom. The first-order valence-corrected chi connectivity index (χ1v) is 10.1. The van der Waals surface area contributed by atoms with Crippen molar-refractivity contribution in [2.24, 2.45) is 10.4 Å². The Labute approximate surface area is 152 Å². The van der Waals surface area contributed by atoms with Gasteiger partial charge < -0.3 is 10.6 Å². The second-order valence-electron chi connectivity index (χ2n) is 7.43. The Bertz CT molecular complexity index is 679. The van der Waals surface area contributed by atoms with Gasteiger partial charge in [0.2, 0.25) is 10.0 Å². The maximum Gasteiger partial charge on any atom is 0.240 e. The van der Waals surface area contributed by atoms with Crippen LogP contribution < -0.4 is 15.4 Å². The van der Waals surface area contributed by atoms with E-state index in [4.69, 9.17) is 0 Å². The normalized spacial score (nSPS) is 14.2. The topological polar surface area (TPSA) is 82.6 Å². The SMILES string of the molecule is CN=C(NCc1cccc(S(=O)(=O)NC)c1)NC(C)CCC(C)(C)C. The lowest BCUT2D eigenvalue weighted by Gasteiger charge is -2.23. The van der Waals surface area contributed by atoms with Crippen LogP contribution in [-0.2, 0) is 16.6 Å². The van der Waals surface area contributed by atoms with Gasteiger partial charge in [-0.25, -0.2) is 13.1 Å². The molecule has 1 atom stereocenters. The van der Waals surface area contributed by atoms with Crippen LogP contribution in [0.5, 0.6) is 0 Å². The summed E-state index contributed by atoms with van der Waals surface area (Å²) < 4.78 is 26.1.